The number of hydrogen-bond donors (Lipinski definition) is 2. The second-order valence-corrected chi connectivity index (χ2v) is 5.49. The number of anilines is 2. The van der Waals surface area contributed by atoms with Crippen LogP contribution in [0.5, 0.6) is 0 Å². The fraction of sp³-hybridized carbons (Fsp3) is 0.583. The molecule has 0 fully saturated rings. The van der Waals surface area contributed by atoms with Crippen LogP contribution in [0.3, 0.4) is 0 Å². The summed E-state index contributed by atoms with van der Waals surface area (Å²) < 4.78 is 4.83. The molecule has 1 heterocycles. The van der Waals surface area contributed by atoms with Crippen molar-refractivity contribution in [1.82, 2.24) is 4.98 Å². The summed E-state index contributed by atoms with van der Waals surface area (Å²) in [6.45, 7) is 5.98. The molecule has 106 valence electrons. The Bertz CT molecular complexity index is 457. The Morgan fingerprint density at radius 1 is 1.47 bits per heavy atom. The zero-order valence-corrected chi connectivity index (χ0v) is 12.2. The number of nitrogens with zero attached hydrogens (tertiary/aromatic N) is 1. The van der Waals surface area contributed by atoms with Gasteiger partial charge in [-0.25, -0.2) is 4.98 Å². The summed E-state index contributed by atoms with van der Waals surface area (Å²) >= 11 is 1.16. The topological polar surface area (TPSA) is 94.3 Å². The number of rotatable bonds is 6. The van der Waals surface area contributed by atoms with Crippen molar-refractivity contribution in [3.63, 3.8) is 0 Å². The molecule has 0 unspecified atom stereocenters. The highest BCUT2D eigenvalue weighted by Crippen LogP contribution is 2.26. The molecular formula is C12H19N3O3S. The maximum Gasteiger partial charge on any atom is 0.311 e. The van der Waals surface area contributed by atoms with Crippen molar-refractivity contribution in [1.29, 1.82) is 0 Å². The van der Waals surface area contributed by atoms with E-state index in [4.69, 9.17) is 10.5 Å². The normalized spacial score (nSPS) is 10.5. The van der Waals surface area contributed by atoms with Gasteiger partial charge in [0.05, 0.1) is 18.7 Å². The standard InChI is InChI=1S/C12H19N3O3S/c1-4-18-10(17)6-8-11(13)19-12(14-8)15-9(16)5-7(2)3/h7H,4-6,13H2,1-3H3,(H,14,15,16). The number of esters is 1. The van der Waals surface area contributed by atoms with Gasteiger partial charge in [0.1, 0.15) is 5.00 Å². The van der Waals surface area contributed by atoms with Crippen LogP contribution in [0.4, 0.5) is 10.1 Å². The van der Waals surface area contributed by atoms with E-state index < -0.39 is 0 Å². The number of nitrogen functional groups attached to an aromatic ring is 1. The third-order valence-corrected chi connectivity index (χ3v) is 3.03. The van der Waals surface area contributed by atoms with Gasteiger partial charge in [-0.1, -0.05) is 25.2 Å². The lowest BCUT2D eigenvalue weighted by Crippen LogP contribution is -2.14. The van der Waals surface area contributed by atoms with E-state index in [2.05, 4.69) is 10.3 Å². The van der Waals surface area contributed by atoms with Crippen LogP contribution in [0.25, 0.3) is 0 Å². The molecule has 1 aromatic heterocycles. The lowest BCUT2D eigenvalue weighted by atomic mass is 10.1. The smallest absolute Gasteiger partial charge is 0.311 e. The highest BCUT2D eigenvalue weighted by molar-refractivity contribution is 7.19. The maximum absolute atomic E-state index is 11.6. The van der Waals surface area contributed by atoms with Gasteiger partial charge in [0.2, 0.25) is 5.91 Å². The molecule has 1 rings (SSSR count). The minimum absolute atomic E-state index is 0.0240. The average molecular weight is 285 g/mol. The van der Waals surface area contributed by atoms with Crippen LogP contribution < -0.4 is 11.1 Å². The number of hydrogen-bond acceptors (Lipinski definition) is 6. The Kier molecular flexibility index (Phi) is 5.75. The lowest BCUT2D eigenvalue weighted by molar-refractivity contribution is -0.142. The van der Waals surface area contributed by atoms with Gasteiger partial charge in [-0.3, -0.25) is 9.59 Å². The van der Waals surface area contributed by atoms with Crippen LogP contribution in [-0.4, -0.2) is 23.5 Å². The summed E-state index contributed by atoms with van der Waals surface area (Å²) in [5.74, 6) is -0.206. The van der Waals surface area contributed by atoms with E-state index >= 15 is 0 Å². The first kappa shape index (κ1) is 15.4. The summed E-state index contributed by atoms with van der Waals surface area (Å²) in [5, 5.41) is 3.52. The average Bonchev–Trinajstić information content (AvgIpc) is 2.57. The number of amides is 1. The van der Waals surface area contributed by atoms with Crippen LogP contribution in [0, 0.1) is 5.92 Å². The zero-order valence-electron chi connectivity index (χ0n) is 11.4. The monoisotopic (exact) mass is 285 g/mol. The zero-order chi connectivity index (χ0) is 14.4. The third-order valence-electron chi connectivity index (χ3n) is 2.18. The van der Waals surface area contributed by atoms with E-state index in [9.17, 15) is 9.59 Å². The molecule has 0 spiro atoms. The van der Waals surface area contributed by atoms with Crippen molar-refractivity contribution in [2.45, 2.75) is 33.6 Å². The Balaban J connectivity index is 2.63. The molecule has 0 saturated carbocycles. The molecule has 0 radical (unpaired) electrons. The number of nitrogens with two attached hydrogens (primary N) is 1. The van der Waals surface area contributed by atoms with E-state index in [0.717, 1.165) is 11.3 Å². The molecule has 3 N–H and O–H groups in total. The first-order valence-corrected chi connectivity index (χ1v) is 6.94. The number of nitrogens with one attached hydrogen (secondary N) is 1. The number of ether oxygens (including phenoxy) is 1. The van der Waals surface area contributed by atoms with Crippen LogP contribution in [-0.2, 0) is 20.7 Å². The minimum Gasteiger partial charge on any atom is -0.466 e. The van der Waals surface area contributed by atoms with Crippen molar-refractivity contribution in [2.75, 3.05) is 17.7 Å². The highest BCUT2D eigenvalue weighted by Gasteiger charge is 2.15. The summed E-state index contributed by atoms with van der Waals surface area (Å²) in [6.07, 6.45) is 0.447. The van der Waals surface area contributed by atoms with Crippen molar-refractivity contribution < 1.29 is 14.3 Å². The molecule has 0 atom stereocenters. The van der Waals surface area contributed by atoms with Gasteiger partial charge in [-0.05, 0) is 12.8 Å². The molecule has 0 aliphatic rings. The number of carbonyl (C=O) groups is 2. The Morgan fingerprint density at radius 3 is 2.74 bits per heavy atom. The lowest BCUT2D eigenvalue weighted by Gasteiger charge is -2.03. The summed E-state index contributed by atoms with van der Waals surface area (Å²) in [7, 11) is 0. The first-order chi connectivity index (χ1) is 8.92. The van der Waals surface area contributed by atoms with E-state index in [1.54, 1.807) is 6.92 Å². The predicted molar refractivity (Wildman–Crippen MR) is 74.9 cm³/mol. The van der Waals surface area contributed by atoms with Crippen LogP contribution in [0.1, 0.15) is 32.9 Å². The van der Waals surface area contributed by atoms with E-state index in [1.807, 2.05) is 13.8 Å². The Morgan fingerprint density at radius 2 is 2.16 bits per heavy atom. The SMILES string of the molecule is CCOC(=O)Cc1nc(NC(=O)CC(C)C)sc1N. The van der Waals surface area contributed by atoms with E-state index in [1.165, 1.54) is 0 Å². The quantitative estimate of drug-likeness (QED) is 0.777. The van der Waals surface area contributed by atoms with Gasteiger partial charge in [-0.2, -0.15) is 0 Å². The molecule has 1 amide bonds. The van der Waals surface area contributed by atoms with Crippen molar-refractivity contribution in [3.8, 4) is 0 Å². The van der Waals surface area contributed by atoms with Crippen LogP contribution in [0.2, 0.25) is 0 Å². The Hall–Kier alpha value is -1.63. The highest BCUT2D eigenvalue weighted by atomic mass is 32.1. The molecule has 7 heteroatoms. The van der Waals surface area contributed by atoms with Gasteiger partial charge in [0.25, 0.3) is 0 Å². The molecule has 0 bridgehead atoms. The van der Waals surface area contributed by atoms with Gasteiger partial charge in [0.15, 0.2) is 5.13 Å². The van der Waals surface area contributed by atoms with Crippen LogP contribution in [0.15, 0.2) is 0 Å². The Labute approximate surface area is 116 Å². The summed E-state index contributed by atoms with van der Waals surface area (Å²) in [5.41, 5.74) is 6.21. The minimum atomic E-state index is -0.375. The molecule has 19 heavy (non-hydrogen) atoms. The van der Waals surface area contributed by atoms with Crippen molar-refractivity contribution >= 4 is 33.3 Å². The van der Waals surface area contributed by atoms with Crippen molar-refractivity contribution in [3.05, 3.63) is 5.69 Å². The third kappa shape index (κ3) is 5.25. The van der Waals surface area contributed by atoms with Gasteiger partial charge in [0, 0.05) is 6.42 Å². The summed E-state index contributed by atoms with van der Waals surface area (Å²) in [6, 6.07) is 0. The second-order valence-electron chi connectivity index (χ2n) is 4.46. The molecule has 0 aliphatic heterocycles. The predicted octanol–water partition coefficient (Wildman–Crippen LogP) is 1.82. The van der Waals surface area contributed by atoms with Crippen LogP contribution >= 0.6 is 11.3 Å². The van der Waals surface area contributed by atoms with Gasteiger partial charge in [-0.15, -0.1) is 0 Å². The maximum atomic E-state index is 11.6. The molecule has 0 aliphatic carbocycles. The fourth-order valence-electron chi connectivity index (χ4n) is 1.43. The number of aromatic nitrogens is 1. The molecule has 0 aromatic carbocycles. The van der Waals surface area contributed by atoms with Gasteiger partial charge < -0.3 is 15.8 Å². The molecular weight excluding hydrogens is 266 g/mol. The fourth-order valence-corrected chi connectivity index (χ4v) is 2.20. The first-order valence-electron chi connectivity index (χ1n) is 6.13. The molecule has 1 aromatic rings. The molecule has 0 saturated heterocycles. The molecule has 6 nitrogen and oxygen atoms in total. The largest absolute Gasteiger partial charge is 0.466 e. The summed E-state index contributed by atoms with van der Waals surface area (Å²) in [4.78, 5) is 27.1. The van der Waals surface area contributed by atoms with E-state index in [0.29, 0.717) is 28.9 Å². The van der Waals surface area contributed by atoms with Crippen molar-refractivity contribution in [2.24, 2.45) is 5.92 Å². The second kappa shape index (κ2) is 7.08. The number of thiazole rings is 1. The van der Waals surface area contributed by atoms with E-state index in [-0.39, 0.29) is 24.2 Å². The number of carbonyl (C=O) groups excluding carboxylic acids is 2. The van der Waals surface area contributed by atoms with Gasteiger partial charge >= 0.3 is 5.97 Å².